The highest BCUT2D eigenvalue weighted by Gasteiger charge is 2.32. The van der Waals surface area contributed by atoms with Crippen LogP contribution in [0.3, 0.4) is 0 Å². The number of fused-ring (bicyclic) bond motifs is 3. The molecule has 0 N–H and O–H groups in total. The molecule has 4 nitrogen and oxygen atoms in total. The van der Waals surface area contributed by atoms with E-state index in [1.807, 2.05) is 24.0 Å². The summed E-state index contributed by atoms with van der Waals surface area (Å²) in [5.74, 6) is 1.12. The molecule has 0 aliphatic heterocycles. The lowest BCUT2D eigenvalue weighted by molar-refractivity contribution is 0.0891. The summed E-state index contributed by atoms with van der Waals surface area (Å²) in [5, 5.41) is 1.07. The number of aliphatic imine (C=N–C) groups is 1. The number of hydrogen-bond donors (Lipinski definition) is 0. The number of para-hydroxylation sites is 1. The molecule has 0 amide bonds. The van der Waals surface area contributed by atoms with E-state index in [0.717, 1.165) is 35.1 Å². The largest absolute Gasteiger partial charge is 0.347 e. The van der Waals surface area contributed by atoms with E-state index < -0.39 is 0 Å². The van der Waals surface area contributed by atoms with Crippen molar-refractivity contribution < 1.29 is 4.79 Å². The van der Waals surface area contributed by atoms with Crippen molar-refractivity contribution in [3.05, 3.63) is 48.3 Å². The van der Waals surface area contributed by atoms with Crippen molar-refractivity contribution in [3.8, 4) is 0 Å². The molecule has 3 rings (SSSR count). The molecular formula is C19H23N3O. The Balaban J connectivity index is 1.98. The molecule has 0 bridgehead atoms. The van der Waals surface area contributed by atoms with Gasteiger partial charge in [0.15, 0.2) is 5.78 Å². The maximum atomic E-state index is 13.1. The maximum absolute atomic E-state index is 13.1. The molecule has 1 aliphatic rings. The third kappa shape index (κ3) is 2.48. The molecule has 1 atom stereocenters. The molecule has 0 saturated heterocycles. The van der Waals surface area contributed by atoms with Crippen LogP contribution in [0.4, 0.5) is 0 Å². The van der Waals surface area contributed by atoms with Gasteiger partial charge in [0, 0.05) is 48.7 Å². The lowest BCUT2D eigenvalue weighted by atomic mass is 9.84. The van der Waals surface area contributed by atoms with Gasteiger partial charge >= 0.3 is 0 Å². The van der Waals surface area contributed by atoms with E-state index in [2.05, 4.69) is 35.3 Å². The number of rotatable bonds is 3. The van der Waals surface area contributed by atoms with Crippen LogP contribution in [0.15, 0.2) is 42.0 Å². The zero-order chi connectivity index (χ0) is 16.6. The van der Waals surface area contributed by atoms with Gasteiger partial charge < -0.3 is 9.47 Å². The number of ketones is 1. The van der Waals surface area contributed by atoms with E-state index >= 15 is 0 Å². The molecule has 0 radical (unpaired) electrons. The first-order chi connectivity index (χ1) is 11.1. The van der Waals surface area contributed by atoms with Crippen LogP contribution in [-0.2, 0) is 13.5 Å². The third-order valence-corrected chi connectivity index (χ3v) is 4.95. The molecule has 1 unspecified atom stereocenters. The number of aromatic nitrogens is 1. The van der Waals surface area contributed by atoms with Crippen LogP contribution in [-0.4, -0.2) is 34.7 Å². The van der Waals surface area contributed by atoms with Gasteiger partial charge in [-0.2, -0.15) is 0 Å². The van der Waals surface area contributed by atoms with Gasteiger partial charge in [-0.05, 0) is 32.0 Å². The molecule has 1 aromatic carbocycles. The summed E-state index contributed by atoms with van der Waals surface area (Å²) in [6, 6.07) is 8.16. The Morgan fingerprint density at radius 3 is 2.91 bits per heavy atom. The van der Waals surface area contributed by atoms with E-state index in [0.29, 0.717) is 6.54 Å². The fourth-order valence-electron chi connectivity index (χ4n) is 3.54. The number of Topliss-reactive ketones (excluding diaryl/α,β-unsaturated/α-hetero) is 1. The summed E-state index contributed by atoms with van der Waals surface area (Å²) in [4.78, 5) is 19.3. The number of hydrogen-bond acceptors (Lipinski definition) is 2. The maximum Gasteiger partial charge on any atom is 0.170 e. The Labute approximate surface area is 137 Å². The average molecular weight is 309 g/mol. The zero-order valence-corrected chi connectivity index (χ0v) is 14.0. The predicted octanol–water partition coefficient (Wildman–Crippen LogP) is 3.42. The Kier molecular flexibility index (Phi) is 4.07. The highest BCUT2D eigenvalue weighted by atomic mass is 16.1. The first-order valence-corrected chi connectivity index (χ1v) is 8.01. The van der Waals surface area contributed by atoms with Crippen molar-refractivity contribution in [3.63, 3.8) is 0 Å². The predicted molar refractivity (Wildman–Crippen MR) is 95.0 cm³/mol. The van der Waals surface area contributed by atoms with Crippen LogP contribution >= 0.6 is 0 Å². The summed E-state index contributed by atoms with van der Waals surface area (Å²) >= 11 is 0. The molecule has 4 heteroatoms. The van der Waals surface area contributed by atoms with Gasteiger partial charge in [-0.25, -0.2) is 0 Å². The van der Waals surface area contributed by atoms with Crippen molar-refractivity contribution in [1.82, 2.24) is 9.47 Å². The van der Waals surface area contributed by atoms with Crippen LogP contribution in [0.2, 0.25) is 0 Å². The first-order valence-electron chi connectivity index (χ1n) is 8.01. The minimum absolute atomic E-state index is 0.0111. The molecule has 0 fully saturated rings. The average Bonchev–Trinajstić information content (AvgIpc) is 2.87. The van der Waals surface area contributed by atoms with Gasteiger partial charge in [0.1, 0.15) is 0 Å². The van der Waals surface area contributed by atoms with E-state index in [4.69, 9.17) is 0 Å². The summed E-state index contributed by atoms with van der Waals surface area (Å²) < 4.78 is 2.17. The molecule has 23 heavy (non-hydrogen) atoms. The highest BCUT2D eigenvalue weighted by Crippen LogP contribution is 2.34. The fraction of sp³-hybridized carbons (Fsp3) is 0.368. The lowest BCUT2D eigenvalue weighted by Crippen LogP contribution is -2.35. The van der Waals surface area contributed by atoms with Crippen LogP contribution < -0.4 is 0 Å². The topological polar surface area (TPSA) is 37.6 Å². The number of nitrogens with zero attached hydrogens (tertiary/aromatic N) is 3. The molecular weight excluding hydrogens is 286 g/mol. The molecule has 120 valence electrons. The molecule has 1 heterocycles. The van der Waals surface area contributed by atoms with E-state index in [1.165, 1.54) is 5.69 Å². The summed E-state index contributed by atoms with van der Waals surface area (Å²) in [6.07, 6.45) is 3.57. The Hall–Kier alpha value is -2.36. The van der Waals surface area contributed by atoms with Gasteiger partial charge in [0.05, 0.1) is 5.84 Å². The SMILES string of the molecule is C=CN(CC1CCc2c(c3ccccc3n2C)C1=O)C(C)=NC. The number of aryl methyl sites for hydroxylation is 1. The van der Waals surface area contributed by atoms with Gasteiger partial charge in [0.2, 0.25) is 0 Å². The van der Waals surface area contributed by atoms with Crippen molar-refractivity contribution in [2.45, 2.75) is 19.8 Å². The monoisotopic (exact) mass is 309 g/mol. The van der Waals surface area contributed by atoms with Crippen LogP contribution in [0, 0.1) is 5.92 Å². The second-order valence-corrected chi connectivity index (χ2v) is 6.10. The normalized spacial score (nSPS) is 18.1. The Bertz CT molecular complexity index is 800. The molecule has 0 saturated carbocycles. The zero-order valence-electron chi connectivity index (χ0n) is 14.0. The molecule has 2 aromatic rings. The smallest absolute Gasteiger partial charge is 0.170 e. The van der Waals surface area contributed by atoms with Gasteiger partial charge in [-0.1, -0.05) is 24.8 Å². The van der Waals surface area contributed by atoms with Crippen molar-refractivity contribution >= 4 is 22.5 Å². The van der Waals surface area contributed by atoms with Gasteiger partial charge in [-0.3, -0.25) is 9.79 Å². The van der Waals surface area contributed by atoms with Crippen LogP contribution in [0.5, 0.6) is 0 Å². The molecule has 0 spiro atoms. The minimum atomic E-state index is -0.0111. The second kappa shape index (κ2) is 6.03. The fourth-order valence-corrected chi connectivity index (χ4v) is 3.54. The minimum Gasteiger partial charge on any atom is -0.347 e. The van der Waals surface area contributed by atoms with Gasteiger partial charge in [0.25, 0.3) is 0 Å². The van der Waals surface area contributed by atoms with E-state index in [1.54, 1.807) is 13.2 Å². The standard InChI is InChI=1S/C19H23N3O/c1-5-22(13(2)20-3)12-14-10-11-17-18(19(14)23)15-8-6-7-9-16(15)21(17)4/h5-9,14H,1,10-12H2,2-4H3. The molecule has 1 aromatic heterocycles. The van der Waals surface area contributed by atoms with Gasteiger partial charge in [-0.15, -0.1) is 0 Å². The van der Waals surface area contributed by atoms with Crippen LogP contribution in [0.25, 0.3) is 10.9 Å². The summed E-state index contributed by atoms with van der Waals surface area (Å²) in [6.45, 7) is 6.44. The number of carbonyl (C=O) groups is 1. The van der Waals surface area contributed by atoms with Crippen molar-refractivity contribution in [2.75, 3.05) is 13.6 Å². The third-order valence-electron chi connectivity index (χ3n) is 4.95. The number of amidine groups is 1. The quantitative estimate of drug-likeness (QED) is 0.643. The van der Waals surface area contributed by atoms with Crippen LogP contribution in [0.1, 0.15) is 29.4 Å². The summed E-state index contributed by atoms with van der Waals surface area (Å²) in [7, 11) is 3.82. The summed E-state index contributed by atoms with van der Waals surface area (Å²) in [5.41, 5.74) is 3.21. The first kappa shape index (κ1) is 15.5. The Morgan fingerprint density at radius 2 is 2.22 bits per heavy atom. The second-order valence-electron chi connectivity index (χ2n) is 6.10. The number of benzene rings is 1. The van der Waals surface area contributed by atoms with E-state index in [-0.39, 0.29) is 11.7 Å². The van der Waals surface area contributed by atoms with Crippen molar-refractivity contribution in [1.29, 1.82) is 0 Å². The lowest BCUT2D eigenvalue weighted by Gasteiger charge is -2.28. The molecule has 1 aliphatic carbocycles. The number of carbonyl (C=O) groups excluding carboxylic acids is 1. The van der Waals surface area contributed by atoms with Crippen molar-refractivity contribution in [2.24, 2.45) is 18.0 Å². The Morgan fingerprint density at radius 1 is 1.48 bits per heavy atom. The highest BCUT2D eigenvalue weighted by molar-refractivity contribution is 6.11. The van der Waals surface area contributed by atoms with E-state index in [9.17, 15) is 4.79 Å².